The van der Waals surface area contributed by atoms with Crippen molar-refractivity contribution in [3.8, 4) is 0 Å². The number of hydrogen-bond acceptors (Lipinski definition) is 3. The van der Waals surface area contributed by atoms with E-state index in [0.29, 0.717) is 11.4 Å². The molecule has 1 aromatic carbocycles. The summed E-state index contributed by atoms with van der Waals surface area (Å²) in [4.78, 5) is 11.9. The number of nitrogens with two attached hydrogens (primary N) is 1. The van der Waals surface area contributed by atoms with Crippen LogP contribution >= 0.6 is 23.2 Å². The van der Waals surface area contributed by atoms with E-state index in [1.807, 2.05) is 0 Å². The summed E-state index contributed by atoms with van der Waals surface area (Å²) in [6, 6.07) is 4.60. The molecule has 3 N–H and O–H groups in total. The molecule has 7 heteroatoms. The molecule has 0 fully saturated rings. The van der Waals surface area contributed by atoms with Crippen LogP contribution in [0.1, 0.15) is 10.4 Å². The van der Waals surface area contributed by atoms with Crippen LogP contribution < -0.4 is 11.1 Å². The van der Waals surface area contributed by atoms with Crippen LogP contribution in [0.3, 0.4) is 0 Å². The van der Waals surface area contributed by atoms with Crippen LogP contribution in [0.4, 0.5) is 11.5 Å². The molecule has 0 radical (unpaired) electrons. The maximum Gasteiger partial charge on any atom is 0.256 e. The van der Waals surface area contributed by atoms with Gasteiger partial charge in [0.15, 0.2) is 5.82 Å². The number of benzene rings is 1. The zero-order valence-corrected chi connectivity index (χ0v) is 11.0. The van der Waals surface area contributed by atoms with E-state index in [1.54, 1.807) is 24.0 Å². The number of hydrogen-bond donors (Lipinski definition) is 2. The second-order valence-corrected chi connectivity index (χ2v) is 4.50. The molecule has 0 saturated heterocycles. The maximum absolute atomic E-state index is 11.9. The number of anilines is 2. The number of nitrogens with zero attached hydrogens (tertiary/aromatic N) is 2. The van der Waals surface area contributed by atoms with Crippen molar-refractivity contribution in [1.82, 2.24) is 9.78 Å². The normalized spacial score (nSPS) is 10.4. The van der Waals surface area contributed by atoms with Gasteiger partial charge in [0.1, 0.15) is 0 Å². The van der Waals surface area contributed by atoms with Crippen molar-refractivity contribution in [2.45, 2.75) is 0 Å². The molecule has 0 atom stereocenters. The second-order valence-electron chi connectivity index (χ2n) is 3.68. The van der Waals surface area contributed by atoms with Crippen LogP contribution in [0.2, 0.25) is 10.0 Å². The van der Waals surface area contributed by atoms with Gasteiger partial charge in [-0.15, -0.1) is 0 Å². The third-order valence-corrected chi connectivity index (χ3v) is 2.92. The highest BCUT2D eigenvalue weighted by Crippen LogP contribution is 2.29. The highest BCUT2D eigenvalue weighted by molar-refractivity contribution is 6.39. The molecule has 94 valence electrons. The van der Waals surface area contributed by atoms with Crippen molar-refractivity contribution in [1.29, 1.82) is 0 Å². The smallest absolute Gasteiger partial charge is 0.256 e. The van der Waals surface area contributed by atoms with Gasteiger partial charge in [-0.1, -0.05) is 23.2 Å². The third kappa shape index (κ3) is 2.57. The number of carbonyl (C=O) groups is 1. The summed E-state index contributed by atoms with van der Waals surface area (Å²) in [5.41, 5.74) is 6.18. The average Bonchev–Trinajstić information content (AvgIpc) is 2.71. The predicted molar refractivity (Wildman–Crippen MR) is 72.0 cm³/mol. The molecule has 1 aromatic heterocycles. The Morgan fingerprint density at radius 1 is 1.39 bits per heavy atom. The molecule has 1 heterocycles. The zero-order valence-electron chi connectivity index (χ0n) is 9.45. The number of carbonyl (C=O) groups excluding carboxylic acids is 1. The molecule has 0 unspecified atom stereocenters. The lowest BCUT2D eigenvalue weighted by atomic mass is 10.2. The Hall–Kier alpha value is -1.72. The molecule has 0 aliphatic carbocycles. The van der Waals surface area contributed by atoms with Crippen molar-refractivity contribution >= 4 is 40.6 Å². The number of nitrogen functional groups attached to an aromatic ring is 1. The van der Waals surface area contributed by atoms with Gasteiger partial charge in [-0.2, -0.15) is 5.10 Å². The van der Waals surface area contributed by atoms with Gasteiger partial charge < -0.3 is 11.1 Å². The summed E-state index contributed by atoms with van der Waals surface area (Å²) in [5, 5.41) is 7.14. The molecule has 2 rings (SSSR count). The van der Waals surface area contributed by atoms with Crippen molar-refractivity contribution in [3.63, 3.8) is 0 Å². The van der Waals surface area contributed by atoms with E-state index in [2.05, 4.69) is 10.4 Å². The summed E-state index contributed by atoms with van der Waals surface area (Å²) in [6.07, 6.45) is 1.72. The molecule has 0 aliphatic rings. The van der Waals surface area contributed by atoms with Gasteiger partial charge in [0.2, 0.25) is 0 Å². The van der Waals surface area contributed by atoms with Crippen LogP contribution in [0.25, 0.3) is 0 Å². The summed E-state index contributed by atoms with van der Waals surface area (Å²) in [5.74, 6) is 0.101. The summed E-state index contributed by atoms with van der Waals surface area (Å²) in [6.45, 7) is 0. The van der Waals surface area contributed by atoms with Crippen LogP contribution in [0.15, 0.2) is 24.4 Å². The van der Waals surface area contributed by atoms with Gasteiger partial charge in [-0.3, -0.25) is 9.48 Å². The molecule has 0 spiro atoms. The van der Waals surface area contributed by atoms with Crippen molar-refractivity contribution in [3.05, 3.63) is 40.0 Å². The Labute approximate surface area is 113 Å². The summed E-state index contributed by atoms with van der Waals surface area (Å²) in [7, 11) is 1.76. The lowest BCUT2D eigenvalue weighted by molar-refractivity contribution is 0.102. The molecule has 18 heavy (non-hydrogen) atoms. The first kappa shape index (κ1) is 12.7. The first-order valence-corrected chi connectivity index (χ1v) is 5.78. The number of aryl methyl sites for hydroxylation is 1. The second kappa shape index (κ2) is 4.88. The van der Waals surface area contributed by atoms with Gasteiger partial charge in [-0.05, 0) is 12.1 Å². The van der Waals surface area contributed by atoms with Crippen molar-refractivity contribution < 1.29 is 4.79 Å². The minimum atomic E-state index is -0.350. The van der Waals surface area contributed by atoms with E-state index in [9.17, 15) is 4.79 Å². The number of amides is 1. The fraction of sp³-hybridized carbons (Fsp3) is 0.0909. The minimum Gasteiger partial charge on any atom is -0.396 e. The van der Waals surface area contributed by atoms with Gasteiger partial charge in [-0.25, -0.2) is 0 Å². The van der Waals surface area contributed by atoms with E-state index < -0.39 is 0 Å². The fourth-order valence-corrected chi connectivity index (χ4v) is 1.87. The molecule has 0 saturated carbocycles. The Bertz CT molecular complexity index is 586. The van der Waals surface area contributed by atoms with Gasteiger partial charge >= 0.3 is 0 Å². The molecular formula is C11H10Cl2N4O. The monoisotopic (exact) mass is 284 g/mol. The molecule has 5 nitrogen and oxygen atoms in total. The summed E-state index contributed by atoms with van der Waals surface area (Å²) >= 11 is 11.7. The highest BCUT2D eigenvalue weighted by Gasteiger charge is 2.12. The topological polar surface area (TPSA) is 72.9 Å². The zero-order chi connectivity index (χ0) is 13.3. The third-order valence-electron chi connectivity index (χ3n) is 2.30. The number of halogens is 2. The fourth-order valence-electron chi connectivity index (χ4n) is 1.39. The van der Waals surface area contributed by atoms with Gasteiger partial charge in [0.05, 0.1) is 15.7 Å². The van der Waals surface area contributed by atoms with Crippen LogP contribution in [0.5, 0.6) is 0 Å². The van der Waals surface area contributed by atoms with E-state index >= 15 is 0 Å². The Kier molecular flexibility index (Phi) is 3.45. The van der Waals surface area contributed by atoms with Gasteiger partial charge in [0, 0.05) is 24.9 Å². The molecule has 0 bridgehead atoms. The number of rotatable bonds is 2. The van der Waals surface area contributed by atoms with Crippen molar-refractivity contribution in [2.24, 2.45) is 7.05 Å². The SMILES string of the molecule is Cn1ccc(NC(=O)c2cc(Cl)c(N)c(Cl)c2)n1. The Balaban J connectivity index is 2.24. The largest absolute Gasteiger partial charge is 0.396 e. The Morgan fingerprint density at radius 2 is 2.00 bits per heavy atom. The average molecular weight is 285 g/mol. The lowest BCUT2D eigenvalue weighted by Crippen LogP contribution is -2.13. The van der Waals surface area contributed by atoms with Crippen LogP contribution in [0, 0.1) is 0 Å². The first-order valence-electron chi connectivity index (χ1n) is 5.03. The van der Waals surface area contributed by atoms with Gasteiger partial charge in [0.25, 0.3) is 5.91 Å². The molecular weight excluding hydrogens is 275 g/mol. The molecule has 2 aromatic rings. The van der Waals surface area contributed by atoms with E-state index in [-0.39, 0.29) is 21.6 Å². The number of aromatic nitrogens is 2. The van der Waals surface area contributed by atoms with E-state index in [0.717, 1.165) is 0 Å². The van der Waals surface area contributed by atoms with Crippen molar-refractivity contribution in [2.75, 3.05) is 11.1 Å². The lowest BCUT2D eigenvalue weighted by Gasteiger charge is -2.06. The maximum atomic E-state index is 11.9. The molecule has 1 amide bonds. The first-order chi connectivity index (χ1) is 8.47. The van der Waals surface area contributed by atoms with Crippen LogP contribution in [-0.4, -0.2) is 15.7 Å². The Morgan fingerprint density at radius 3 is 2.50 bits per heavy atom. The molecule has 0 aliphatic heterocycles. The van der Waals surface area contributed by atoms with Crippen LogP contribution in [-0.2, 0) is 7.05 Å². The quantitative estimate of drug-likeness (QED) is 0.833. The number of nitrogens with one attached hydrogen (secondary N) is 1. The predicted octanol–water partition coefficient (Wildman–Crippen LogP) is 2.56. The summed E-state index contributed by atoms with van der Waals surface area (Å²) < 4.78 is 1.58. The minimum absolute atomic E-state index is 0.244. The van der Waals surface area contributed by atoms with E-state index in [4.69, 9.17) is 28.9 Å². The van der Waals surface area contributed by atoms with E-state index in [1.165, 1.54) is 12.1 Å². The highest BCUT2D eigenvalue weighted by atomic mass is 35.5. The standard InChI is InChI=1S/C11H10Cl2N4O/c1-17-3-2-9(16-17)15-11(18)6-4-7(12)10(14)8(13)5-6/h2-5H,14H2,1H3,(H,15,16,18).